The zero-order valence-corrected chi connectivity index (χ0v) is 8.97. The van der Waals surface area contributed by atoms with Crippen molar-refractivity contribution < 1.29 is 4.79 Å². The molecule has 0 saturated heterocycles. The second kappa shape index (κ2) is 2.59. The normalized spacial score (nSPS) is 45.8. The Labute approximate surface area is 80.9 Å². The maximum atomic E-state index is 10.6. The molecular formula is C12H20O. The Morgan fingerprint density at radius 3 is 2.31 bits per heavy atom. The molecule has 2 rings (SSSR count). The van der Waals surface area contributed by atoms with E-state index in [0.29, 0.717) is 16.7 Å². The summed E-state index contributed by atoms with van der Waals surface area (Å²) in [4.78, 5) is 10.6. The van der Waals surface area contributed by atoms with Gasteiger partial charge in [-0.3, -0.25) is 0 Å². The Kier molecular flexibility index (Phi) is 1.84. The first kappa shape index (κ1) is 9.23. The van der Waals surface area contributed by atoms with E-state index in [2.05, 4.69) is 20.8 Å². The number of rotatable bonds is 4. The lowest BCUT2D eigenvalue weighted by Gasteiger charge is -2.09. The van der Waals surface area contributed by atoms with Crippen LogP contribution in [-0.4, -0.2) is 6.29 Å². The monoisotopic (exact) mass is 180 g/mol. The molecule has 0 amide bonds. The lowest BCUT2D eigenvalue weighted by atomic mass is 9.96. The molecule has 2 aliphatic carbocycles. The molecular weight excluding hydrogens is 160 g/mol. The van der Waals surface area contributed by atoms with Crippen LogP contribution in [0.5, 0.6) is 0 Å². The predicted molar refractivity (Wildman–Crippen MR) is 53.4 cm³/mol. The van der Waals surface area contributed by atoms with Gasteiger partial charge in [0.15, 0.2) is 0 Å². The van der Waals surface area contributed by atoms with Crippen molar-refractivity contribution in [2.45, 2.75) is 46.5 Å². The molecule has 1 heteroatoms. The summed E-state index contributed by atoms with van der Waals surface area (Å²) in [5.41, 5.74) is 1.00. The van der Waals surface area contributed by atoms with Crippen LogP contribution >= 0.6 is 0 Å². The second-order valence-electron chi connectivity index (χ2n) is 6.03. The predicted octanol–water partition coefficient (Wildman–Crippen LogP) is 3.04. The van der Waals surface area contributed by atoms with E-state index < -0.39 is 0 Å². The molecule has 0 N–H and O–H groups in total. The van der Waals surface area contributed by atoms with E-state index in [1.165, 1.54) is 19.3 Å². The van der Waals surface area contributed by atoms with E-state index in [1.54, 1.807) is 0 Å². The van der Waals surface area contributed by atoms with Crippen LogP contribution in [-0.2, 0) is 4.79 Å². The molecule has 0 radical (unpaired) electrons. The lowest BCUT2D eigenvalue weighted by Crippen LogP contribution is -2.01. The largest absolute Gasteiger partial charge is 0.303 e. The van der Waals surface area contributed by atoms with E-state index in [1.807, 2.05) is 0 Å². The first-order valence-electron chi connectivity index (χ1n) is 5.43. The summed E-state index contributed by atoms with van der Waals surface area (Å²) in [6.07, 6.45) is 6.30. The highest BCUT2D eigenvalue weighted by Gasteiger charge is 2.52. The highest BCUT2D eigenvalue weighted by atomic mass is 16.1. The molecule has 2 aliphatic rings. The van der Waals surface area contributed by atoms with Gasteiger partial charge in [-0.25, -0.2) is 0 Å². The van der Waals surface area contributed by atoms with Gasteiger partial charge in [0.1, 0.15) is 6.29 Å². The van der Waals surface area contributed by atoms with Crippen LogP contribution in [0.25, 0.3) is 0 Å². The number of carbonyl (C=O) groups excluding carboxylic acids is 1. The Morgan fingerprint density at radius 1 is 1.31 bits per heavy atom. The van der Waals surface area contributed by atoms with Gasteiger partial charge in [-0.15, -0.1) is 0 Å². The molecule has 74 valence electrons. The van der Waals surface area contributed by atoms with Gasteiger partial charge in [0.2, 0.25) is 0 Å². The van der Waals surface area contributed by atoms with Crippen LogP contribution in [0.2, 0.25) is 0 Å². The standard InChI is InChI=1S/C12H20O/c1-11(2)6-9(11)4-5-12(3)7-10(12)8-13/h8-10H,4-7H2,1-3H3/t9-,10-,12+/m0/s1. The number of hydrogen-bond donors (Lipinski definition) is 0. The van der Waals surface area contributed by atoms with Crippen LogP contribution in [0.3, 0.4) is 0 Å². The highest BCUT2D eigenvalue weighted by Crippen LogP contribution is 2.60. The van der Waals surface area contributed by atoms with E-state index in [9.17, 15) is 4.79 Å². The average molecular weight is 180 g/mol. The number of carbonyl (C=O) groups is 1. The topological polar surface area (TPSA) is 17.1 Å². The van der Waals surface area contributed by atoms with Gasteiger partial charge in [0.05, 0.1) is 0 Å². The van der Waals surface area contributed by atoms with Gasteiger partial charge in [-0.2, -0.15) is 0 Å². The van der Waals surface area contributed by atoms with E-state index in [0.717, 1.165) is 18.6 Å². The molecule has 0 heterocycles. The fourth-order valence-corrected chi connectivity index (χ4v) is 2.52. The van der Waals surface area contributed by atoms with Gasteiger partial charge in [0, 0.05) is 5.92 Å². The van der Waals surface area contributed by atoms with Crippen molar-refractivity contribution >= 4 is 6.29 Å². The van der Waals surface area contributed by atoms with Crippen LogP contribution in [0, 0.1) is 22.7 Å². The average Bonchev–Trinajstić information content (AvgIpc) is 2.87. The number of hydrogen-bond acceptors (Lipinski definition) is 1. The lowest BCUT2D eigenvalue weighted by molar-refractivity contribution is -0.109. The molecule has 1 nitrogen and oxygen atoms in total. The number of aldehydes is 1. The molecule has 0 aromatic carbocycles. The van der Waals surface area contributed by atoms with E-state index in [-0.39, 0.29) is 0 Å². The van der Waals surface area contributed by atoms with Crippen molar-refractivity contribution in [1.29, 1.82) is 0 Å². The molecule has 13 heavy (non-hydrogen) atoms. The summed E-state index contributed by atoms with van der Waals surface area (Å²) >= 11 is 0. The third-order valence-corrected chi connectivity index (χ3v) is 4.37. The summed E-state index contributed by atoms with van der Waals surface area (Å²) in [6, 6.07) is 0. The minimum absolute atomic E-state index is 0.384. The molecule has 3 atom stereocenters. The third kappa shape index (κ3) is 1.66. The van der Waals surface area contributed by atoms with Crippen LogP contribution in [0.1, 0.15) is 46.5 Å². The minimum Gasteiger partial charge on any atom is -0.303 e. The van der Waals surface area contributed by atoms with Crippen molar-refractivity contribution in [3.63, 3.8) is 0 Å². The molecule has 0 aromatic rings. The summed E-state index contributed by atoms with van der Waals surface area (Å²) in [5, 5.41) is 0. The molecule has 0 bridgehead atoms. The van der Waals surface area contributed by atoms with Crippen molar-refractivity contribution in [1.82, 2.24) is 0 Å². The van der Waals surface area contributed by atoms with Crippen molar-refractivity contribution in [2.75, 3.05) is 0 Å². The Morgan fingerprint density at radius 2 is 1.92 bits per heavy atom. The van der Waals surface area contributed by atoms with Crippen LogP contribution in [0.4, 0.5) is 0 Å². The fourth-order valence-electron chi connectivity index (χ4n) is 2.52. The highest BCUT2D eigenvalue weighted by molar-refractivity contribution is 5.59. The SMILES string of the molecule is CC1(C)C[C@@H]1CC[C@]1(C)C[C@H]1C=O. The minimum atomic E-state index is 0.384. The molecule has 2 fully saturated rings. The molecule has 2 saturated carbocycles. The summed E-state index contributed by atoms with van der Waals surface area (Å²) in [7, 11) is 0. The fraction of sp³-hybridized carbons (Fsp3) is 0.917. The van der Waals surface area contributed by atoms with E-state index in [4.69, 9.17) is 0 Å². The first-order valence-corrected chi connectivity index (χ1v) is 5.43. The molecule has 0 spiro atoms. The smallest absolute Gasteiger partial charge is 0.123 e. The van der Waals surface area contributed by atoms with Crippen LogP contribution in [0.15, 0.2) is 0 Å². The summed E-state index contributed by atoms with van der Waals surface area (Å²) in [5.74, 6) is 1.33. The Balaban J connectivity index is 1.73. The van der Waals surface area contributed by atoms with Crippen molar-refractivity contribution in [3.05, 3.63) is 0 Å². The second-order valence-corrected chi connectivity index (χ2v) is 6.03. The Bertz CT molecular complexity index is 231. The zero-order valence-electron chi connectivity index (χ0n) is 8.97. The summed E-state index contributed by atoms with van der Waals surface area (Å²) < 4.78 is 0. The van der Waals surface area contributed by atoms with Crippen molar-refractivity contribution in [2.24, 2.45) is 22.7 Å². The zero-order chi connectivity index (χ0) is 9.69. The maximum Gasteiger partial charge on any atom is 0.123 e. The van der Waals surface area contributed by atoms with E-state index >= 15 is 0 Å². The van der Waals surface area contributed by atoms with Crippen molar-refractivity contribution in [3.8, 4) is 0 Å². The molecule has 0 aliphatic heterocycles. The van der Waals surface area contributed by atoms with Gasteiger partial charge in [0.25, 0.3) is 0 Å². The third-order valence-electron chi connectivity index (χ3n) is 4.37. The van der Waals surface area contributed by atoms with Gasteiger partial charge >= 0.3 is 0 Å². The van der Waals surface area contributed by atoms with Crippen LogP contribution < -0.4 is 0 Å². The molecule has 0 unspecified atom stereocenters. The van der Waals surface area contributed by atoms with Gasteiger partial charge in [-0.05, 0) is 42.4 Å². The van der Waals surface area contributed by atoms with Gasteiger partial charge in [-0.1, -0.05) is 20.8 Å². The quantitative estimate of drug-likeness (QED) is 0.608. The Hall–Kier alpha value is -0.330. The molecule has 0 aromatic heterocycles. The maximum absolute atomic E-state index is 10.6. The van der Waals surface area contributed by atoms with Gasteiger partial charge < -0.3 is 4.79 Å². The first-order chi connectivity index (χ1) is 5.98. The summed E-state index contributed by atoms with van der Waals surface area (Å²) in [6.45, 7) is 6.97.